The Labute approximate surface area is 580 Å². The number of hydrogen-bond acceptors (Lipinski definition) is 16. The van der Waals surface area contributed by atoms with Crippen molar-refractivity contribution in [3.05, 3.63) is 181 Å². The number of carboxylic acid groups (broad SMARTS) is 1. The van der Waals surface area contributed by atoms with E-state index in [1.807, 2.05) is 48.5 Å². The first-order valence-corrected chi connectivity index (χ1v) is 34.4. The third-order valence-electron chi connectivity index (χ3n) is 17.1. The van der Waals surface area contributed by atoms with Crippen LogP contribution < -0.4 is 9.47 Å². The number of ether oxygens (including phenoxy) is 7. The van der Waals surface area contributed by atoms with E-state index in [9.17, 15) is 33.9 Å². The van der Waals surface area contributed by atoms with Crippen molar-refractivity contribution in [1.29, 1.82) is 0 Å². The first kappa shape index (κ1) is 71.6. The topological polar surface area (TPSA) is 236 Å². The predicted octanol–water partition coefficient (Wildman–Crippen LogP) is 12.5. The van der Waals surface area contributed by atoms with Crippen LogP contribution in [0.25, 0.3) is 0 Å². The minimum absolute atomic E-state index is 0.0205. The molecule has 6 aliphatic heterocycles. The lowest BCUT2D eigenvalue weighted by Crippen LogP contribution is -2.42. The van der Waals surface area contributed by atoms with Gasteiger partial charge in [0.25, 0.3) is 0 Å². The van der Waals surface area contributed by atoms with Gasteiger partial charge in [-0.25, -0.2) is 29.3 Å². The largest absolute Gasteiger partial charge is 0.493 e. The Hall–Kier alpha value is -6.70. The molecule has 3 amide bonds. The summed E-state index contributed by atoms with van der Waals surface area (Å²) < 4.78 is 40.5. The number of carbonyl (C=O) groups excluding carboxylic acids is 5. The van der Waals surface area contributed by atoms with Gasteiger partial charge in [0.05, 0.1) is 67.2 Å². The smallest absolute Gasteiger partial charge is 0.336 e. The Balaban J connectivity index is 0.000000169. The molecule has 6 aliphatic rings. The van der Waals surface area contributed by atoms with E-state index in [1.165, 1.54) is 6.20 Å². The number of aliphatic carboxylic acids is 1. The summed E-state index contributed by atoms with van der Waals surface area (Å²) in [6, 6.07) is 25.0. The summed E-state index contributed by atoms with van der Waals surface area (Å²) >= 11 is 25.6. The second-order valence-corrected chi connectivity index (χ2v) is 25.9. The Morgan fingerprint density at radius 1 is 0.521 bits per heavy atom. The molecule has 3 aromatic heterocycles. The summed E-state index contributed by atoms with van der Waals surface area (Å²) in [6.07, 6.45) is 10.7. The minimum Gasteiger partial charge on any atom is -0.493 e. The molecule has 0 spiro atoms. The number of carbonyl (C=O) groups is 6. The molecule has 94 heavy (non-hydrogen) atoms. The number of hydrogen-bond donors (Lipinski definition) is 1. The average Bonchev–Trinajstić information content (AvgIpc) is 0.900. The number of pyridine rings is 3. The number of aromatic nitrogens is 3. The van der Waals surface area contributed by atoms with Gasteiger partial charge >= 0.3 is 17.9 Å². The summed E-state index contributed by atoms with van der Waals surface area (Å²) in [5, 5.41) is 10.7. The third-order valence-corrected chi connectivity index (χ3v) is 18.4. The van der Waals surface area contributed by atoms with Gasteiger partial charge < -0.3 is 53.0 Å². The summed E-state index contributed by atoms with van der Waals surface area (Å²) in [7, 11) is 0. The molecule has 3 saturated heterocycles. The van der Waals surface area contributed by atoms with Gasteiger partial charge in [-0.1, -0.05) is 99.9 Å². The molecule has 500 valence electrons. The Morgan fingerprint density at radius 2 is 0.862 bits per heavy atom. The molecule has 0 aliphatic carbocycles. The van der Waals surface area contributed by atoms with Crippen LogP contribution in [0.2, 0.25) is 15.5 Å². The van der Waals surface area contributed by atoms with Crippen molar-refractivity contribution in [1.82, 2.24) is 29.7 Å². The number of halogens is 5. The van der Waals surface area contributed by atoms with E-state index in [0.29, 0.717) is 114 Å². The van der Waals surface area contributed by atoms with Gasteiger partial charge in [0.15, 0.2) is 0 Å². The monoisotopic (exact) mass is 1480 g/mol. The molecule has 25 heteroatoms. The van der Waals surface area contributed by atoms with Crippen LogP contribution in [-0.2, 0) is 65.7 Å². The molecule has 6 atom stereocenters. The van der Waals surface area contributed by atoms with Crippen molar-refractivity contribution in [2.45, 2.75) is 128 Å². The van der Waals surface area contributed by atoms with E-state index >= 15 is 0 Å². The van der Waals surface area contributed by atoms with E-state index in [2.05, 4.69) is 37.5 Å². The highest BCUT2D eigenvalue weighted by Crippen LogP contribution is 2.41. The number of nitrogens with zero attached hydrogens (tertiary/aromatic N) is 6. The number of rotatable bonds is 22. The molecule has 2 aromatic carbocycles. The van der Waals surface area contributed by atoms with E-state index in [4.69, 9.17) is 79.6 Å². The van der Waals surface area contributed by atoms with Crippen molar-refractivity contribution in [2.75, 3.05) is 63.0 Å². The third kappa shape index (κ3) is 19.1. The zero-order valence-electron chi connectivity index (χ0n) is 52.5. The van der Waals surface area contributed by atoms with Gasteiger partial charge in [-0.3, -0.25) is 14.4 Å². The molecule has 1 N–H and O–H groups in total. The van der Waals surface area contributed by atoms with Gasteiger partial charge in [0.2, 0.25) is 17.7 Å². The van der Waals surface area contributed by atoms with Crippen molar-refractivity contribution < 1.29 is 67.0 Å². The maximum Gasteiger partial charge on any atom is 0.336 e. The second kappa shape index (κ2) is 34.8. The Morgan fingerprint density at radius 3 is 1.16 bits per heavy atom. The molecular formula is C69H75Cl4IN6O14. The van der Waals surface area contributed by atoms with Crippen molar-refractivity contribution in [3.8, 4) is 11.5 Å². The fraction of sp³-hybridized carbons (Fsp3) is 0.435. The predicted molar refractivity (Wildman–Crippen MR) is 361 cm³/mol. The molecule has 9 heterocycles. The zero-order chi connectivity index (χ0) is 66.8. The molecule has 3 fully saturated rings. The van der Waals surface area contributed by atoms with Crippen LogP contribution in [0.4, 0.5) is 0 Å². The Kier molecular flexibility index (Phi) is 26.5. The summed E-state index contributed by atoms with van der Waals surface area (Å²) in [5.41, 5.74) is 6.67. The first-order valence-electron chi connectivity index (χ1n) is 31.2. The summed E-state index contributed by atoms with van der Waals surface area (Å²) in [5.74, 6) is -1.66. The minimum atomic E-state index is -1.02. The molecule has 20 nitrogen and oxygen atoms in total. The van der Waals surface area contributed by atoms with Crippen LogP contribution >= 0.6 is 69.0 Å². The molecule has 0 unspecified atom stereocenters. The van der Waals surface area contributed by atoms with Crippen LogP contribution in [0.1, 0.15) is 124 Å². The SMILES string of the molecule is CC1=C(C(=O)O)[C@H](c2ccc(Cl)nc2)CC(=O)N1C[C@H]1CCCO1.CC1=C(C(=O)OCc2ccc(OCCCl)cc2)[C@H](c2ccc(Cl)nc2)CC(=O)N1C[C@H]1CCCO1.CC1=C(C(=O)OCc2ccc(OCCI)cc2)[C@H](c2ccc(Cl)nc2)CC(=O)N1C[C@H]1CCCO1. The van der Waals surface area contributed by atoms with Crippen LogP contribution in [-0.4, -0.2) is 152 Å². The zero-order valence-corrected chi connectivity index (χ0v) is 57.6. The highest BCUT2D eigenvalue weighted by molar-refractivity contribution is 14.1. The van der Waals surface area contributed by atoms with E-state index in [-0.39, 0.29) is 74.1 Å². The molecular weight excluding hydrogens is 1410 g/mol. The van der Waals surface area contributed by atoms with E-state index < -0.39 is 35.7 Å². The van der Waals surface area contributed by atoms with Gasteiger partial charge in [-0.15, -0.1) is 11.6 Å². The van der Waals surface area contributed by atoms with E-state index in [0.717, 1.165) is 71.0 Å². The maximum atomic E-state index is 13.4. The van der Waals surface area contributed by atoms with Crippen molar-refractivity contribution in [3.63, 3.8) is 0 Å². The lowest BCUT2D eigenvalue weighted by molar-refractivity contribution is -0.143. The number of amides is 3. The van der Waals surface area contributed by atoms with Gasteiger partial charge in [-0.2, -0.15) is 0 Å². The summed E-state index contributed by atoms with van der Waals surface area (Å²) in [6.45, 7) is 9.92. The summed E-state index contributed by atoms with van der Waals surface area (Å²) in [4.78, 5) is 94.7. The van der Waals surface area contributed by atoms with Crippen molar-refractivity contribution in [2.24, 2.45) is 0 Å². The lowest BCUT2D eigenvalue weighted by atomic mass is 9.84. The maximum absolute atomic E-state index is 13.4. The average molecular weight is 1480 g/mol. The standard InChI is InChI=1S/C26H28Cl2N2O5.C26H28ClIN2O5.C17H19ClN2O4/c1-17-25(26(32)35-16-18-4-7-20(8-5-18)34-12-10-27)22(19-6-9-23(28)29-14-19)13-24(31)30(17)15-21-3-2-11-33-21;1-17-25(26(32)35-16-18-4-7-20(8-5-18)34-12-10-28)22(19-6-9-23(27)29-14-19)13-24(31)30(17)15-21-3-2-11-33-21;1-10-16(17(22)23)13(11-4-5-14(18)19-8-11)7-15(21)20(10)9-12-3-2-6-24-12/h2*4-9,14,21-22H,2-3,10-13,15-16H2,1H3;4-5,8,12-13H,2-3,6-7,9H2,1H3,(H,22,23)/t2*21-,22+;12-,13+/m111/s1. The molecule has 0 bridgehead atoms. The number of carboxylic acids is 1. The molecule has 11 rings (SSSR count). The first-order chi connectivity index (χ1) is 45.4. The number of esters is 2. The van der Waals surface area contributed by atoms with Gasteiger partial charge in [0.1, 0.15) is 46.8 Å². The Bertz CT molecular complexity index is 3370. The fourth-order valence-corrected chi connectivity index (χ4v) is 12.9. The van der Waals surface area contributed by atoms with Gasteiger partial charge in [-0.05, 0) is 130 Å². The number of benzene rings is 2. The van der Waals surface area contributed by atoms with Crippen LogP contribution in [0.3, 0.4) is 0 Å². The number of allylic oxidation sites excluding steroid dienone is 3. The van der Waals surface area contributed by atoms with Crippen LogP contribution in [0.5, 0.6) is 11.5 Å². The fourth-order valence-electron chi connectivity index (χ4n) is 12.3. The normalized spacial score (nSPS) is 21.4. The van der Waals surface area contributed by atoms with Crippen LogP contribution in [0, 0.1) is 0 Å². The quantitative estimate of drug-likeness (QED) is 0.0293. The van der Waals surface area contributed by atoms with Crippen molar-refractivity contribution >= 4 is 105 Å². The molecule has 0 saturated carbocycles. The highest BCUT2D eigenvalue weighted by atomic mass is 127. The lowest BCUT2D eigenvalue weighted by Gasteiger charge is -2.35. The molecule has 5 aromatic rings. The van der Waals surface area contributed by atoms with E-state index in [1.54, 1.807) is 84.3 Å². The molecule has 0 radical (unpaired) electrons. The number of alkyl halides is 2. The highest BCUT2D eigenvalue weighted by Gasteiger charge is 2.41. The second-order valence-electron chi connectivity index (χ2n) is 23.2. The van der Waals surface area contributed by atoms with Crippen LogP contribution in [0.15, 0.2) is 137 Å². The van der Waals surface area contributed by atoms with Gasteiger partial charge in [0, 0.05) is 96.9 Å².